The molecule has 126 valence electrons. The van der Waals surface area contributed by atoms with Crippen molar-refractivity contribution < 1.29 is 23.8 Å². The predicted octanol–water partition coefficient (Wildman–Crippen LogP) is 0.894. The molecule has 2 saturated heterocycles. The van der Waals surface area contributed by atoms with Crippen molar-refractivity contribution in [1.82, 2.24) is 9.80 Å². The van der Waals surface area contributed by atoms with Crippen LogP contribution < -0.4 is 0 Å². The number of rotatable bonds is 5. The molecule has 0 radical (unpaired) electrons. The molecule has 0 saturated carbocycles. The summed E-state index contributed by atoms with van der Waals surface area (Å²) in [6.07, 6.45) is 0.0306. The van der Waals surface area contributed by atoms with Gasteiger partial charge in [0.2, 0.25) is 5.91 Å². The van der Waals surface area contributed by atoms with Gasteiger partial charge in [0.15, 0.2) is 0 Å². The van der Waals surface area contributed by atoms with E-state index in [1.54, 1.807) is 17.0 Å². The van der Waals surface area contributed by atoms with Gasteiger partial charge in [-0.2, -0.15) is 0 Å². The van der Waals surface area contributed by atoms with Crippen molar-refractivity contribution in [3.8, 4) is 0 Å². The molecule has 7 nitrogen and oxygen atoms in total. The first kappa shape index (κ1) is 16.0. The summed E-state index contributed by atoms with van der Waals surface area (Å²) < 4.78 is 10.9. The summed E-state index contributed by atoms with van der Waals surface area (Å²) in [5.41, 5.74) is 0. The molecule has 7 heteroatoms. The molecule has 2 atom stereocenters. The highest BCUT2D eigenvalue weighted by Gasteiger charge is 2.46. The number of carboxylic acid groups (broad SMARTS) is 1. The summed E-state index contributed by atoms with van der Waals surface area (Å²) in [6.45, 7) is 6.13. The molecule has 0 aliphatic carbocycles. The topological polar surface area (TPSA) is 83.2 Å². The van der Waals surface area contributed by atoms with Crippen LogP contribution in [0.1, 0.15) is 24.0 Å². The smallest absolute Gasteiger partial charge is 0.309 e. The number of carboxylic acids is 1. The maximum Gasteiger partial charge on any atom is 0.309 e. The van der Waals surface area contributed by atoms with Gasteiger partial charge in [0, 0.05) is 32.6 Å². The number of nitrogens with zero attached hydrogens (tertiary/aromatic N) is 2. The lowest BCUT2D eigenvalue weighted by Gasteiger charge is -2.31. The average molecular weight is 322 g/mol. The molecule has 1 amide bonds. The molecule has 0 spiro atoms. The summed E-state index contributed by atoms with van der Waals surface area (Å²) >= 11 is 0. The monoisotopic (exact) mass is 322 g/mol. The lowest BCUT2D eigenvalue weighted by atomic mass is 9.98. The summed E-state index contributed by atoms with van der Waals surface area (Å²) in [5.74, 6) is -0.548. The first-order valence-electron chi connectivity index (χ1n) is 7.95. The molecular weight excluding hydrogens is 300 g/mol. The van der Waals surface area contributed by atoms with Crippen LogP contribution in [0.2, 0.25) is 0 Å². The Morgan fingerprint density at radius 1 is 1.30 bits per heavy atom. The zero-order chi connectivity index (χ0) is 16.4. The average Bonchev–Trinajstić information content (AvgIpc) is 3.09. The van der Waals surface area contributed by atoms with Gasteiger partial charge in [-0.15, -0.1) is 0 Å². The molecule has 23 heavy (non-hydrogen) atoms. The van der Waals surface area contributed by atoms with Crippen LogP contribution in [0.4, 0.5) is 0 Å². The van der Waals surface area contributed by atoms with E-state index in [4.69, 9.17) is 9.15 Å². The van der Waals surface area contributed by atoms with Crippen molar-refractivity contribution in [3.05, 3.63) is 23.7 Å². The Balaban J connectivity index is 1.75. The van der Waals surface area contributed by atoms with Crippen LogP contribution in [0, 0.1) is 12.8 Å². The van der Waals surface area contributed by atoms with Crippen molar-refractivity contribution >= 4 is 11.9 Å². The fraction of sp³-hybridized carbons (Fsp3) is 0.625. The van der Waals surface area contributed by atoms with E-state index >= 15 is 0 Å². The molecule has 2 aliphatic heterocycles. The highest BCUT2D eigenvalue weighted by molar-refractivity contribution is 5.87. The standard InChI is InChI=1S/C16H22N2O5/c1-11-2-3-13(23-11)15-12(16(20)21)10-14(19)18(15)5-4-17-6-8-22-9-7-17/h2-3,12,15H,4-10H2,1H3,(H,20,21). The third-order valence-corrected chi connectivity index (χ3v) is 4.56. The van der Waals surface area contributed by atoms with E-state index in [-0.39, 0.29) is 12.3 Å². The SMILES string of the molecule is Cc1ccc(C2C(C(=O)O)CC(=O)N2CCN2CCOCC2)o1. The van der Waals surface area contributed by atoms with Gasteiger partial charge >= 0.3 is 5.97 Å². The van der Waals surface area contributed by atoms with Gasteiger partial charge < -0.3 is 19.2 Å². The number of carbonyl (C=O) groups is 2. The largest absolute Gasteiger partial charge is 0.481 e. The van der Waals surface area contributed by atoms with Crippen molar-refractivity contribution in [1.29, 1.82) is 0 Å². The number of furan rings is 1. The quantitative estimate of drug-likeness (QED) is 0.867. The van der Waals surface area contributed by atoms with Gasteiger partial charge in [0.05, 0.1) is 19.1 Å². The molecule has 1 N–H and O–H groups in total. The van der Waals surface area contributed by atoms with Gasteiger partial charge in [-0.05, 0) is 19.1 Å². The maximum atomic E-state index is 12.3. The number of likely N-dealkylation sites (tertiary alicyclic amines) is 1. The van der Waals surface area contributed by atoms with Crippen molar-refractivity contribution in [3.63, 3.8) is 0 Å². The number of hydrogen-bond acceptors (Lipinski definition) is 5. The highest BCUT2D eigenvalue weighted by atomic mass is 16.5. The normalized spacial score (nSPS) is 26.0. The molecule has 3 heterocycles. The number of hydrogen-bond donors (Lipinski definition) is 1. The van der Waals surface area contributed by atoms with Crippen LogP contribution in [0.25, 0.3) is 0 Å². The summed E-state index contributed by atoms with van der Waals surface area (Å²) in [7, 11) is 0. The Kier molecular flexibility index (Phi) is 4.68. The van der Waals surface area contributed by atoms with Gasteiger partial charge in [0.25, 0.3) is 0 Å². The van der Waals surface area contributed by atoms with E-state index in [9.17, 15) is 14.7 Å². The van der Waals surface area contributed by atoms with Crippen molar-refractivity contribution in [2.24, 2.45) is 5.92 Å². The number of amides is 1. The van der Waals surface area contributed by atoms with Crippen LogP contribution >= 0.6 is 0 Å². The number of aliphatic carboxylic acids is 1. The maximum absolute atomic E-state index is 12.3. The van der Waals surface area contributed by atoms with Crippen LogP contribution in [0.5, 0.6) is 0 Å². The minimum Gasteiger partial charge on any atom is -0.481 e. The molecular formula is C16H22N2O5. The van der Waals surface area contributed by atoms with Gasteiger partial charge in [0.1, 0.15) is 17.6 Å². The molecule has 0 aromatic carbocycles. The summed E-state index contributed by atoms with van der Waals surface area (Å²) in [5, 5.41) is 9.46. The van der Waals surface area contributed by atoms with Crippen LogP contribution in [0.15, 0.2) is 16.5 Å². The third-order valence-electron chi connectivity index (χ3n) is 4.56. The van der Waals surface area contributed by atoms with E-state index in [0.29, 0.717) is 25.5 Å². The number of morpholine rings is 1. The first-order chi connectivity index (χ1) is 11.1. The van der Waals surface area contributed by atoms with E-state index in [1.807, 2.05) is 6.92 Å². The highest BCUT2D eigenvalue weighted by Crippen LogP contribution is 2.38. The Labute approximate surface area is 134 Å². The lowest BCUT2D eigenvalue weighted by Crippen LogP contribution is -2.42. The van der Waals surface area contributed by atoms with Gasteiger partial charge in [-0.3, -0.25) is 14.5 Å². The van der Waals surface area contributed by atoms with Crippen LogP contribution in [0.3, 0.4) is 0 Å². The Morgan fingerprint density at radius 2 is 2.04 bits per heavy atom. The Morgan fingerprint density at radius 3 is 2.65 bits per heavy atom. The van der Waals surface area contributed by atoms with E-state index in [1.165, 1.54) is 0 Å². The second kappa shape index (κ2) is 6.72. The van der Waals surface area contributed by atoms with Gasteiger partial charge in [-0.1, -0.05) is 0 Å². The molecule has 1 aromatic heterocycles. The minimum atomic E-state index is -0.953. The van der Waals surface area contributed by atoms with Gasteiger partial charge in [-0.25, -0.2) is 0 Å². The van der Waals surface area contributed by atoms with E-state index < -0.39 is 17.9 Å². The summed E-state index contributed by atoms with van der Waals surface area (Å²) in [6, 6.07) is 3.06. The molecule has 3 rings (SSSR count). The zero-order valence-electron chi connectivity index (χ0n) is 13.2. The van der Waals surface area contributed by atoms with Crippen molar-refractivity contribution in [2.75, 3.05) is 39.4 Å². The molecule has 2 aliphatic rings. The third kappa shape index (κ3) is 3.40. The second-order valence-corrected chi connectivity index (χ2v) is 6.08. The fourth-order valence-corrected chi connectivity index (χ4v) is 3.31. The predicted molar refractivity (Wildman–Crippen MR) is 80.9 cm³/mol. The fourth-order valence-electron chi connectivity index (χ4n) is 3.31. The zero-order valence-corrected chi connectivity index (χ0v) is 13.2. The minimum absolute atomic E-state index is 0.0306. The van der Waals surface area contributed by atoms with Crippen LogP contribution in [-0.4, -0.2) is 66.2 Å². The second-order valence-electron chi connectivity index (χ2n) is 6.08. The van der Waals surface area contributed by atoms with Crippen molar-refractivity contribution in [2.45, 2.75) is 19.4 Å². The molecule has 2 fully saturated rings. The van der Waals surface area contributed by atoms with E-state index in [2.05, 4.69) is 4.90 Å². The molecule has 0 bridgehead atoms. The molecule has 1 aromatic rings. The lowest BCUT2D eigenvalue weighted by molar-refractivity contribution is -0.143. The van der Waals surface area contributed by atoms with E-state index in [0.717, 1.165) is 25.4 Å². The number of aryl methyl sites for hydroxylation is 1. The first-order valence-corrected chi connectivity index (χ1v) is 7.95. The number of carbonyl (C=O) groups excluding carboxylic acids is 1. The Bertz CT molecular complexity index is 579. The Hall–Kier alpha value is -1.86. The van der Waals surface area contributed by atoms with Crippen LogP contribution in [-0.2, 0) is 14.3 Å². The molecule has 2 unspecified atom stereocenters. The number of ether oxygens (including phenoxy) is 1. The summed E-state index contributed by atoms with van der Waals surface area (Å²) in [4.78, 5) is 27.8.